The zero-order valence-electron chi connectivity index (χ0n) is 50.5. The summed E-state index contributed by atoms with van der Waals surface area (Å²) in [5, 5.41) is 113. The van der Waals surface area contributed by atoms with E-state index in [1.807, 2.05) is 0 Å². The number of anilines is 3. The Labute approximate surface area is 668 Å². The van der Waals surface area contributed by atoms with Gasteiger partial charge in [0.25, 0.3) is 53.2 Å². The van der Waals surface area contributed by atoms with E-state index in [4.69, 9.17) is 14.2 Å². The highest BCUT2D eigenvalue weighted by atomic mass is 127. The Morgan fingerprint density at radius 3 is 0.760 bits per heavy atom. The quantitative estimate of drug-likeness (QED) is 0.0265. The summed E-state index contributed by atoms with van der Waals surface area (Å²) in [5.41, 5.74) is -2.89. The van der Waals surface area contributed by atoms with E-state index >= 15 is 14.4 Å². The average Bonchev–Trinajstić information content (AvgIpc) is 0.767. The van der Waals surface area contributed by atoms with E-state index in [0.717, 1.165) is 35.5 Å². The predicted octanol–water partition coefficient (Wildman–Crippen LogP) is -0.300. The summed E-state index contributed by atoms with van der Waals surface area (Å²) in [7, 11) is 3.74. The monoisotopic (exact) mass is 2360 g/mol. The van der Waals surface area contributed by atoms with E-state index in [-0.39, 0.29) is 65.9 Å². The molecule has 42 heteroatoms. The molecule has 1 aliphatic rings. The van der Waals surface area contributed by atoms with Crippen LogP contribution in [0.5, 0.6) is 0 Å². The number of hydrogen-bond acceptors (Lipinski definition) is 24. The Balaban J connectivity index is 2.11. The normalized spacial score (nSPS) is 17.5. The highest BCUT2D eigenvalue weighted by Crippen LogP contribution is 2.41. The molecule has 0 saturated heterocycles. The molecule has 0 bridgehead atoms. The molecule has 33 nitrogen and oxygen atoms in total. The third-order valence-corrected chi connectivity index (χ3v) is 23.2. The fraction of sp³-hybridized carbons (Fsp3) is 0.444. The van der Waals surface area contributed by atoms with Gasteiger partial charge in [0.15, 0.2) is 19.8 Å². The maximum Gasteiger partial charge on any atom is 0.303 e. The van der Waals surface area contributed by atoms with Crippen LogP contribution in [0.4, 0.5) is 17.1 Å². The molecule has 96 heavy (non-hydrogen) atoms. The summed E-state index contributed by atoms with van der Waals surface area (Å²) in [6.45, 7) is -3.18. The number of ether oxygens (including phenoxy) is 3. The van der Waals surface area contributed by atoms with Gasteiger partial charge >= 0.3 is 17.9 Å². The van der Waals surface area contributed by atoms with Crippen LogP contribution in [0.1, 0.15) is 82.9 Å². The first kappa shape index (κ1) is 85.9. The van der Waals surface area contributed by atoms with Crippen LogP contribution >= 0.6 is 203 Å². The molecule has 3 aromatic carbocycles. The van der Waals surface area contributed by atoms with Gasteiger partial charge in [-0.2, -0.15) is 0 Å². The van der Waals surface area contributed by atoms with E-state index in [1.165, 1.54) is 21.1 Å². The van der Waals surface area contributed by atoms with Gasteiger partial charge < -0.3 is 107 Å². The van der Waals surface area contributed by atoms with Crippen molar-refractivity contribution < 1.29 is 118 Å². The first-order valence-electron chi connectivity index (χ1n) is 27.2. The fourth-order valence-corrected chi connectivity index (χ4v) is 22.1. The molecule has 0 heterocycles. The molecule has 3 unspecified atom stereocenters. The number of likely N-dealkylation sites (N-methyl/N-ethyl adjacent to an activating group) is 3. The number of amides is 9. The number of aliphatic hydroxyl groups excluding tert-OH is 9. The minimum Gasteiger partial charge on any atom is -0.456 e. The number of benzene rings is 3. The second-order valence-corrected chi connectivity index (χ2v) is 30.4. The predicted molar refractivity (Wildman–Crippen MR) is 412 cm³/mol. The first-order chi connectivity index (χ1) is 44.7. The van der Waals surface area contributed by atoms with Gasteiger partial charge in [-0.05, 0) is 203 Å². The molecule has 1 aliphatic carbocycles. The summed E-state index contributed by atoms with van der Waals surface area (Å²) in [5.74, 6) is -11.9. The number of esters is 3. The van der Waals surface area contributed by atoms with Gasteiger partial charge in [-0.25, -0.2) is 0 Å². The van der Waals surface area contributed by atoms with Crippen molar-refractivity contribution in [1.82, 2.24) is 30.7 Å². The molecule has 0 spiro atoms. The van der Waals surface area contributed by atoms with E-state index in [1.54, 1.807) is 203 Å². The number of aliphatic hydroxyl groups is 9. The second kappa shape index (κ2) is 38.7. The van der Waals surface area contributed by atoms with Crippen LogP contribution in [0.3, 0.4) is 0 Å². The Morgan fingerprint density at radius 2 is 0.573 bits per heavy atom. The van der Waals surface area contributed by atoms with Gasteiger partial charge in [-0.1, -0.05) is 0 Å². The lowest BCUT2D eigenvalue weighted by Crippen LogP contribution is -2.75. The summed E-state index contributed by atoms with van der Waals surface area (Å²) in [6.07, 6.45) is -11.5. The average molecular weight is 2360 g/mol. The second-order valence-electron chi connectivity index (χ2n) is 20.7. The lowest BCUT2D eigenvalue weighted by atomic mass is 9.79. The summed E-state index contributed by atoms with van der Waals surface area (Å²) in [4.78, 5) is 167. The van der Waals surface area contributed by atoms with Crippen LogP contribution in [0.2, 0.25) is 0 Å². The first-order valence-corrected chi connectivity index (χ1v) is 36.9. The minimum atomic E-state index is -2.37. The van der Waals surface area contributed by atoms with Crippen LogP contribution in [-0.4, -0.2) is 267 Å². The SMILES string of the molecule is CC(=O)OCC(=O)Nc1c(I)c(C(=O)NC2C(O)C(NC(=O)c3c(I)c(NC(=O)COC(C)=O)c(I)c(C(=O)N(C)CC(O)CO)c3I)C(O)C(NC(=O)c3c(I)c(NC(=O)COC(C)=O)c(I)c(C(=O)N(C)CC(O)CO)c3I)C2O)c(I)c(C(=O)N(C)CC(O)CO)c1I. The number of rotatable bonds is 27. The number of hydrogen-bond donors (Lipinski definition) is 15. The molecule has 3 atom stereocenters. The fourth-order valence-electron chi connectivity index (χ4n) is 8.91. The smallest absolute Gasteiger partial charge is 0.303 e. The van der Waals surface area contributed by atoms with Gasteiger partial charge in [0, 0.05) is 72.3 Å². The minimum absolute atomic E-state index is 0.00616. The molecule has 15 N–H and O–H groups in total. The Hall–Kier alpha value is -2.49. The number of nitrogens with zero attached hydrogens (tertiary/aromatic N) is 3. The number of carbonyl (C=O) groups excluding carboxylic acids is 12. The van der Waals surface area contributed by atoms with Crippen LogP contribution in [0.25, 0.3) is 0 Å². The van der Waals surface area contributed by atoms with Crippen molar-refractivity contribution in [3.05, 3.63) is 65.5 Å². The zero-order chi connectivity index (χ0) is 73.0. The van der Waals surface area contributed by atoms with Gasteiger partial charge in [0.05, 0.1) is 146 Å². The molecule has 0 radical (unpaired) electrons. The highest BCUT2D eigenvalue weighted by Gasteiger charge is 2.52. The molecule has 0 aliphatic heterocycles. The summed E-state index contributed by atoms with van der Waals surface area (Å²) in [6, 6.07) is -6.51. The summed E-state index contributed by atoms with van der Waals surface area (Å²) >= 11 is 14.9. The molecule has 4 rings (SSSR count). The molecule has 1 fully saturated rings. The standard InChI is InChI=1S/C54H60I9N9O24/c1-16(76)94-13-22(82)64-40-34(58)25(31(55)28(37(40)61)52(91)70(4)7-19(79)10-73)49(88)67-43-46(85)44(68-50(89)26-32(56)29(53(92)71(5)8-20(80)11-74)38(62)41(35(26)59)65-23(83)14-95-17(2)77)48(87)45(47(43)86)69-51(90)27-33(57)30(54(93)72(6)9-21(81)12-75)39(63)42(36(27)60)66-24(84)15-96-18(3)78/h19-21,43-48,73-75,79-81,85-87H,7-15H2,1-6H3,(H,64,82)(H,65,83)(H,66,84)(H,67,88)(H,68,89)(H,69,90). The Bertz CT molecular complexity index is 3220. The van der Waals surface area contributed by atoms with Gasteiger partial charge in [-0.15, -0.1) is 0 Å². The van der Waals surface area contributed by atoms with Gasteiger partial charge in [0.1, 0.15) is 0 Å². The van der Waals surface area contributed by atoms with E-state index in [9.17, 15) is 89.1 Å². The Morgan fingerprint density at radius 1 is 0.375 bits per heavy atom. The van der Waals surface area contributed by atoms with E-state index < -0.39 is 202 Å². The number of carbonyl (C=O) groups is 12. The lowest BCUT2D eigenvalue weighted by Gasteiger charge is -2.46. The third-order valence-electron chi connectivity index (χ3n) is 13.5. The molecule has 9 amide bonds. The topological polar surface area (TPSA) is 496 Å². The van der Waals surface area contributed by atoms with Crippen molar-refractivity contribution in [2.75, 3.05) is 96.4 Å². The maximum atomic E-state index is 15.3. The van der Waals surface area contributed by atoms with Crippen molar-refractivity contribution in [3.63, 3.8) is 0 Å². The molecule has 528 valence electrons. The van der Waals surface area contributed by atoms with E-state index in [0.29, 0.717) is 0 Å². The van der Waals surface area contributed by atoms with Crippen LogP contribution in [0, 0.1) is 32.1 Å². The number of nitrogens with one attached hydrogen (secondary N) is 6. The summed E-state index contributed by atoms with van der Waals surface area (Å²) < 4.78 is 13.7. The third kappa shape index (κ3) is 21.6. The van der Waals surface area contributed by atoms with Crippen molar-refractivity contribution in [1.29, 1.82) is 0 Å². The molecular weight excluding hydrogens is 2300 g/mol. The van der Waals surface area contributed by atoms with Crippen molar-refractivity contribution >= 4 is 291 Å². The molecular formula is C54H60I9N9O24. The van der Waals surface area contributed by atoms with Crippen LogP contribution in [-0.2, 0) is 43.0 Å². The van der Waals surface area contributed by atoms with Gasteiger partial charge in [0.2, 0.25) is 0 Å². The van der Waals surface area contributed by atoms with Crippen molar-refractivity contribution in [3.8, 4) is 0 Å². The van der Waals surface area contributed by atoms with Gasteiger partial charge in [-0.3, -0.25) is 57.5 Å². The molecule has 1 saturated carbocycles. The largest absolute Gasteiger partial charge is 0.456 e. The van der Waals surface area contributed by atoms with Crippen LogP contribution in [0.15, 0.2) is 0 Å². The molecule has 0 aromatic heterocycles. The maximum absolute atomic E-state index is 15.3. The lowest BCUT2D eigenvalue weighted by molar-refractivity contribution is -0.145. The number of halogens is 9. The Kier molecular flexibility index (Phi) is 34.6. The van der Waals surface area contributed by atoms with E-state index in [2.05, 4.69) is 31.9 Å². The zero-order valence-corrected chi connectivity index (χ0v) is 69.9. The van der Waals surface area contributed by atoms with Crippen LogP contribution < -0.4 is 31.9 Å². The highest BCUT2D eigenvalue weighted by molar-refractivity contribution is 14.1. The van der Waals surface area contributed by atoms with Crippen molar-refractivity contribution in [2.24, 2.45) is 0 Å². The van der Waals surface area contributed by atoms with Crippen molar-refractivity contribution in [2.45, 2.75) is 75.5 Å². The molecule has 3 aromatic rings.